The minimum absolute atomic E-state index is 0.200. The molecule has 0 aromatic carbocycles. The number of nitrogens with zero attached hydrogens (tertiary/aromatic N) is 1. The van der Waals surface area contributed by atoms with Gasteiger partial charge in [-0.15, -0.1) is 0 Å². The maximum atomic E-state index is 12.2. The summed E-state index contributed by atoms with van der Waals surface area (Å²) in [6.45, 7) is 2.98. The summed E-state index contributed by atoms with van der Waals surface area (Å²) >= 11 is 0. The van der Waals surface area contributed by atoms with Crippen LogP contribution in [0.4, 0.5) is 13.2 Å². The van der Waals surface area contributed by atoms with Crippen LogP contribution in [0.15, 0.2) is 0 Å². The monoisotopic (exact) mass is 296 g/mol. The number of rotatable bonds is 7. The lowest BCUT2D eigenvalue weighted by atomic mass is 10.0. The van der Waals surface area contributed by atoms with Gasteiger partial charge in [0.25, 0.3) is 0 Å². The van der Waals surface area contributed by atoms with Gasteiger partial charge in [-0.2, -0.15) is 13.2 Å². The molecule has 0 aromatic heterocycles. The smallest absolute Gasteiger partial charge is 0.401 e. The second-order valence-corrected chi connectivity index (χ2v) is 5.03. The number of carbonyl (C=O) groups is 1. The number of ether oxygens (including phenoxy) is 1. The first-order chi connectivity index (χ1) is 9.40. The molecule has 1 aliphatic heterocycles. The molecule has 0 amide bonds. The second kappa shape index (κ2) is 8.46. The number of hydrogen-bond donors (Lipinski definition) is 1. The number of hydrogen-bond acceptors (Lipinski definition) is 4. The minimum Gasteiger partial charge on any atom is -0.466 e. The molecule has 1 N–H and O–H groups in total. The number of nitrogens with one attached hydrogen (secondary N) is 1. The minimum atomic E-state index is -4.11. The van der Waals surface area contributed by atoms with Crippen LogP contribution in [0.2, 0.25) is 0 Å². The lowest BCUT2D eigenvalue weighted by molar-refractivity contribution is -0.148. The van der Waals surface area contributed by atoms with Crippen molar-refractivity contribution in [2.24, 2.45) is 0 Å². The molecule has 0 bridgehead atoms. The predicted octanol–water partition coefficient (Wildman–Crippen LogP) is 1.95. The number of alkyl halides is 3. The van der Waals surface area contributed by atoms with E-state index < -0.39 is 12.7 Å². The van der Waals surface area contributed by atoms with Crippen molar-refractivity contribution in [3.8, 4) is 0 Å². The quantitative estimate of drug-likeness (QED) is 0.576. The highest BCUT2D eigenvalue weighted by atomic mass is 19.4. The summed E-state index contributed by atoms with van der Waals surface area (Å²) < 4.78 is 41.5. The molecule has 0 atom stereocenters. The van der Waals surface area contributed by atoms with Crippen molar-refractivity contribution in [2.75, 3.05) is 32.8 Å². The van der Waals surface area contributed by atoms with Crippen molar-refractivity contribution < 1.29 is 22.7 Å². The van der Waals surface area contributed by atoms with Gasteiger partial charge in [0.05, 0.1) is 13.2 Å². The fourth-order valence-electron chi connectivity index (χ4n) is 2.32. The number of piperidine rings is 1. The van der Waals surface area contributed by atoms with Gasteiger partial charge in [0.1, 0.15) is 0 Å². The number of esters is 1. The SMILES string of the molecule is CCOC(=O)CCCNC1CCN(CC(F)(F)F)CC1. The average Bonchev–Trinajstić information content (AvgIpc) is 2.35. The summed E-state index contributed by atoms with van der Waals surface area (Å²) in [4.78, 5) is 12.5. The van der Waals surface area contributed by atoms with Gasteiger partial charge in [0.15, 0.2) is 0 Å². The van der Waals surface area contributed by atoms with E-state index in [-0.39, 0.29) is 12.0 Å². The molecule has 0 aliphatic carbocycles. The molecular formula is C13H23F3N2O2. The molecule has 0 unspecified atom stereocenters. The van der Waals surface area contributed by atoms with Gasteiger partial charge in [-0.25, -0.2) is 0 Å². The van der Waals surface area contributed by atoms with Gasteiger partial charge in [-0.3, -0.25) is 9.69 Å². The number of halogens is 3. The van der Waals surface area contributed by atoms with Gasteiger partial charge in [-0.1, -0.05) is 0 Å². The summed E-state index contributed by atoms with van der Waals surface area (Å²) in [7, 11) is 0. The predicted molar refractivity (Wildman–Crippen MR) is 69.4 cm³/mol. The molecule has 7 heteroatoms. The largest absolute Gasteiger partial charge is 0.466 e. The van der Waals surface area contributed by atoms with Crippen molar-refractivity contribution in [1.82, 2.24) is 10.2 Å². The third kappa shape index (κ3) is 7.69. The molecule has 1 saturated heterocycles. The van der Waals surface area contributed by atoms with Crippen LogP contribution < -0.4 is 5.32 Å². The molecule has 1 rings (SSSR count). The van der Waals surface area contributed by atoms with E-state index in [0.717, 1.165) is 12.8 Å². The highest BCUT2D eigenvalue weighted by Crippen LogP contribution is 2.19. The number of likely N-dealkylation sites (tertiary alicyclic amines) is 1. The zero-order chi connectivity index (χ0) is 15.0. The zero-order valence-corrected chi connectivity index (χ0v) is 11.8. The Morgan fingerprint density at radius 2 is 2.00 bits per heavy atom. The summed E-state index contributed by atoms with van der Waals surface area (Å²) in [6.07, 6.45) is -1.60. The molecule has 0 radical (unpaired) electrons. The summed E-state index contributed by atoms with van der Waals surface area (Å²) in [5, 5.41) is 3.29. The highest BCUT2D eigenvalue weighted by Gasteiger charge is 2.32. The second-order valence-electron chi connectivity index (χ2n) is 5.03. The molecule has 0 aromatic rings. The van der Waals surface area contributed by atoms with Gasteiger partial charge in [-0.05, 0) is 45.8 Å². The van der Waals surface area contributed by atoms with Crippen LogP contribution in [0, 0.1) is 0 Å². The van der Waals surface area contributed by atoms with Crippen LogP contribution in [0.1, 0.15) is 32.6 Å². The summed E-state index contributed by atoms with van der Waals surface area (Å²) in [6, 6.07) is 0.252. The van der Waals surface area contributed by atoms with E-state index in [1.165, 1.54) is 4.90 Å². The Labute approximate surface area is 117 Å². The van der Waals surface area contributed by atoms with E-state index in [1.807, 2.05) is 0 Å². The normalized spacial score (nSPS) is 18.2. The zero-order valence-electron chi connectivity index (χ0n) is 11.8. The van der Waals surface area contributed by atoms with E-state index in [9.17, 15) is 18.0 Å². The maximum absolute atomic E-state index is 12.2. The van der Waals surface area contributed by atoms with E-state index in [4.69, 9.17) is 4.74 Å². The average molecular weight is 296 g/mol. The first kappa shape index (κ1) is 17.2. The van der Waals surface area contributed by atoms with Crippen molar-refractivity contribution in [1.29, 1.82) is 0 Å². The standard InChI is InChI=1S/C13H23F3N2O2/c1-2-20-12(19)4-3-7-17-11-5-8-18(9-6-11)10-13(14,15)16/h11,17H,2-10H2,1H3. The maximum Gasteiger partial charge on any atom is 0.401 e. The Balaban J connectivity index is 2.06. The van der Waals surface area contributed by atoms with Crippen LogP contribution in [0.25, 0.3) is 0 Å². The Morgan fingerprint density at radius 1 is 1.35 bits per heavy atom. The van der Waals surface area contributed by atoms with Crippen molar-refractivity contribution in [3.63, 3.8) is 0 Å². The van der Waals surface area contributed by atoms with Crippen LogP contribution in [-0.4, -0.2) is 55.9 Å². The summed E-state index contributed by atoms with van der Waals surface area (Å²) in [5.74, 6) is -0.200. The lowest BCUT2D eigenvalue weighted by Crippen LogP contribution is -2.45. The Bertz CT molecular complexity index is 290. The van der Waals surface area contributed by atoms with Crippen LogP contribution in [0.3, 0.4) is 0 Å². The fourth-order valence-corrected chi connectivity index (χ4v) is 2.32. The molecule has 20 heavy (non-hydrogen) atoms. The molecular weight excluding hydrogens is 273 g/mol. The summed E-state index contributed by atoms with van der Waals surface area (Å²) in [5.41, 5.74) is 0. The Kier molecular flexibility index (Phi) is 7.29. The molecule has 0 spiro atoms. The molecule has 4 nitrogen and oxygen atoms in total. The van der Waals surface area contributed by atoms with E-state index in [0.29, 0.717) is 39.1 Å². The van der Waals surface area contributed by atoms with Crippen molar-refractivity contribution >= 4 is 5.97 Å². The van der Waals surface area contributed by atoms with Gasteiger partial charge < -0.3 is 10.1 Å². The molecule has 1 fully saturated rings. The number of carbonyl (C=O) groups excluding carboxylic acids is 1. The van der Waals surface area contributed by atoms with Crippen molar-refractivity contribution in [3.05, 3.63) is 0 Å². The fraction of sp³-hybridized carbons (Fsp3) is 0.923. The first-order valence-electron chi connectivity index (χ1n) is 7.09. The van der Waals surface area contributed by atoms with Crippen molar-refractivity contribution in [2.45, 2.75) is 44.8 Å². The van der Waals surface area contributed by atoms with Crippen LogP contribution in [0.5, 0.6) is 0 Å². The van der Waals surface area contributed by atoms with E-state index in [2.05, 4.69) is 5.32 Å². The Hall–Kier alpha value is -0.820. The van der Waals surface area contributed by atoms with Gasteiger partial charge in [0.2, 0.25) is 0 Å². The van der Waals surface area contributed by atoms with E-state index in [1.54, 1.807) is 6.92 Å². The highest BCUT2D eigenvalue weighted by molar-refractivity contribution is 5.69. The van der Waals surface area contributed by atoms with Gasteiger partial charge in [0, 0.05) is 12.5 Å². The van der Waals surface area contributed by atoms with Crippen LogP contribution >= 0.6 is 0 Å². The molecule has 0 saturated carbocycles. The topological polar surface area (TPSA) is 41.6 Å². The first-order valence-corrected chi connectivity index (χ1v) is 7.09. The molecule has 1 aliphatic rings. The third-order valence-electron chi connectivity index (χ3n) is 3.29. The van der Waals surface area contributed by atoms with E-state index >= 15 is 0 Å². The Morgan fingerprint density at radius 3 is 2.55 bits per heavy atom. The molecule has 118 valence electrons. The third-order valence-corrected chi connectivity index (χ3v) is 3.29. The molecule has 1 heterocycles. The lowest BCUT2D eigenvalue weighted by Gasteiger charge is -2.32. The van der Waals surface area contributed by atoms with Crippen LogP contribution in [-0.2, 0) is 9.53 Å². The van der Waals surface area contributed by atoms with Gasteiger partial charge >= 0.3 is 12.1 Å².